The van der Waals surface area contributed by atoms with Gasteiger partial charge < -0.3 is 14.5 Å². The van der Waals surface area contributed by atoms with Gasteiger partial charge in [0.25, 0.3) is 0 Å². The number of hydrogen-bond donors (Lipinski definition) is 2. The number of rotatable bonds is 4. The second-order valence-corrected chi connectivity index (χ2v) is 8.34. The molecule has 1 saturated heterocycles. The number of aliphatic imine (C=N–C) groups is 1. The molecule has 1 aliphatic carbocycles. The second-order valence-electron chi connectivity index (χ2n) is 8.34. The number of likely N-dealkylation sites (tertiary alicyclic amines) is 1. The molecule has 8 nitrogen and oxygen atoms in total. The number of aliphatic hydroxyl groups is 1. The lowest BCUT2D eigenvalue weighted by Gasteiger charge is -2.29. The highest BCUT2D eigenvalue weighted by Gasteiger charge is 2.47. The predicted octanol–water partition coefficient (Wildman–Crippen LogP) is 1.89. The zero-order chi connectivity index (χ0) is 19.2. The number of aromatic nitrogens is 1. The number of hydroxylamine groups is 1. The SMILES string of the molecule is Cc1cc([C@H](C(=O)N2C[C@H](O)C[C@H]2C2=NC3(CCCC3)ON2)C(C)C)on1. The maximum atomic E-state index is 13.4. The zero-order valence-corrected chi connectivity index (χ0v) is 16.1. The smallest absolute Gasteiger partial charge is 0.234 e. The Labute approximate surface area is 158 Å². The van der Waals surface area contributed by atoms with Crippen LogP contribution >= 0.6 is 0 Å². The summed E-state index contributed by atoms with van der Waals surface area (Å²) in [5.41, 5.74) is 3.22. The Morgan fingerprint density at radius 2 is 2.15 bits per heavy atom. The quantitative estimate of drug-likeness (QED) is 0.832. The molecule has 2 N–H and O–H groups in total. The molecule has 4 rings (SSSR count). The number of carbonyl (C=O) groups excluding carboxylic acids is 1. The number of β-amino-alcohol motifs (C(OH)–C–C–N with tert-alkyl or cyclic N) is 1. The summed E-state index contributed by atoms with van der Waals surface area (Å²) < 4.78 is 5.40. The number of carbonyl (C=O) groups is 1. The van der Waals surface area contributed by atoms with Crippen molar-refractivity contribution in [2.24, 2.45) is 10.9 Å². The van der Waals surface area contributed by atoms with E-state index in [4.69, 9.17) is 14.4 Å². The van der Waals surface area contributed by atoms with Gasteiger partial charge in [-0.2, -0.15) is 0 Å². The third kappa shape index (κ3) is 3.36. The highest BCUT2D eigenvalue weighted by atomic mass is 16.7. The van der Waals surface area contributed by atoms with E-state index in [0.29, 0.717) is 18.0 Å². The Kier molecular flexibility index (Phi) is 4.71. The third-order valence-corrected chi connectivity index (χ3v) is 5.82. The summed E-state index contributed by atoms with van der Waals surface area (Å²) in [5, 5.41) is 14.2. The van der Waals surface area contributed by atoms with Crippen LogP contribution in [0.15, 0.2) is 15.6 Å². The van der Waals surface area contributed by atoms with Gasteiger partial charge in [0.1, 0.15) is 17.5 Å². The number of aliphatic hydroxyl groups excluding tert-OH is 1. The lowest BCUT2D eigenvalue weighted by Crippen LogP contribution is -2.46. The first-order valence-corrected chi connectivity index (χ1v) is 9.84. The molecule has 27 heavy (non-hydrogen) atoms. The number of hydrogen-bond acceptors (Lipinski definition) is 7. The maximum absolute atomic E-state index is 13.4. The van der Waals surface area contributed by atoms with E-state index < -0.39 is 17.7 Å². The fourth-order valence-corrected chi connectivity index (χ4v) is 4.46. The first kappa shape index (κ1) is 18.4. The summed E-state index contributed by atoms with van der Waals surface area (Å²) >= 11 is 0. The van der Waals surface area contributed by atoms with Crippen molar-refractivity contribution in [3.05, 3.63) is 17.5 Å². The summed E-state index contributed by atoms with van der Waals surface area (Å²) in [5.74, 6) is 0.747. The minimum Gasteiger partial charge on any atom is -0.391 e. The van der Waals surface area contributed by atoms with Gasteiger partial charge in [0, 0.05) is 19.0 Å². The van der Waals surface area contributed by atoms with Crippen molar-refractivity contribution in [3.63, 3.8) is 0 Å². The van der Waals surface area contributed by atoms with Gasteiger partial charge >= 0.3 is 0 Å². The van der Waals surface area contributed by atoms with E-state index in [1.54, 1.807) is 4.90 Å². The molecule has 3 atom stereocenters. The minimum atomic E-state index is -0.576. The maximum Gasteiger partial charge on any atom is 0.234 e. The molecule has 148 valence electrons. The van der Waals surface area contributed by atoms with E-state index in [1.165, 1.54) is 0 Å². The number of nitrogens with one attached hydrogen (secondary N) is 1. The Hall–Kier alpha value is -1.93. The average molecular weight is 376 g/mol. The first-order valence-electron chi connectivity index (χ1n) is 9.84. The Balaban J connectivity index is 1.59. The lowest BCUT2D eigenvalue weighted by atomic mass is 9.91. The largest absolute Gasteiger partial charge is 0.391 e. The molecular weight excluding hydrogens is 348 g/mol. The highest BCUT2D eigenvalue weighted by Crippen LogP contribution is 2.38. The zero-order valence-electron chi connectivity index (χ0n) is 16.1. The predicted molar refractivity (Wildman–Crippen MR) is 97.8 cm³/mol. The molecule has 1 spiro atoms. The van der Waals surface area contributed by atoms with Crippen LogP contribution in [0.4, 0.5) is 0 Å². The summed E-state index contributed by atoms with van der Waals surface area (Å²) in [6.07, 6.45) is 3.84. The van der Waals surface area contributed by atoms with Crippen LogP contribution in [0.25, 0.3) is 0 Å². The minimum absolute atomic E-state index is 0.0409. The Morgan fingerprint density at radius 3 is 2.78 bits per heavy atom. The van der Waals surface area contributed by atoms with Crippen molar-refractivity contribution in [2.75, 3.05) is 6.54 Å². The molecule has 0 bridgehead atoms. The van der Waals surface area contributed by atoms with Gasteiger partial charge in [0.05, 0.1) is 17.8 Å². The summed E-state index contributed by atoms with van der Waals surface area (Å²) in [6.45, 7) is 6.11. The van der Waals surface area contributed by atoms with Gasteiger partial charge in [-0.25, -0.2) is 15.3 Å². The van der Waals surface area contributed by atoms with Crippen LogP contribution in [0.5, 0.6) is 0 Å². The molecule has 2 aliphatic heterocycles. The molecule has 0 radical (unpaired) electrons. The molecule has 3 heterocycles. The molecule has 1 aromatic rings. The van der Waals surface area contributed by atoms with Crippen molar-refractivity contribution in [1.29, 1.82) is 0 Å². The summed E-state index contributed by atoms with van der Waals surface area (Å²) in [6, 6.07) is 1.50. The molecule has 0 aromatic carbocycles. The number of amides is 1. The Morgan fingerprint density at radius 1 is 1.41 bits per heavy atom. The van der Waals surface area contributed by atoms with Crippen LogP contribution in [-0.2, 0) is 9.63 Å². The number of aryl methyl sites for hydroxylation is 1. The Bertz CT molecular complexity index is 738. The van der Waals surface area contributed by atoms with Crippen molar-refractivity contribution in [2.45, 2.75) is 76.7 Å². The van der Waals surface area contributed by atoms with Crippen LogP contribution in [0.3, 0.4) is 0 Å². The summed E-state index contributed by atoms with van der Waals surface area (Å²) in [7, 11) is 0. The molecule has 1 saturated carbocycles. The molecular formula is C19H28N4O4. The highest BCUT2D eigenvalue weighted by molar-refractivity contribution is 5.94. The van der Waals surface area contributed by atoms with E-state index in [0.717, 1.165) is 31.4 Å². The average Bonchev–Trinajstić information content (AvgIpc) is 3.38. The van der Waals surface area contributed by atoms with Crippen molar-refractivity contribution in [1.82, 2.24) is 15.5 Å². The fourth-order valence-electron chi connectivity index (χ4n) is 4.46. The summed E-state index contributed by atoms with van der Waals surface area (Å²) in [4.78, 5) is 25.7. The van der Waals surface area contributed by atoms with Crippen molar-refractivity contribution < 1.29 is 19.3 Å². The second kappa shape index (κ2) is 6.91. The van der Waals surface area contributed by atoms with Gasteiger partial charge in [-0.1, -0.05) is 19.0 Å². The van der Waals surface area contributed by atoms with E-state index in [-0.39, 0.29) is 24.4 Å². The topological polar surface area (TPSA) is 100 Å². The standard InChI is InChI=1S/C19H28N4O4/c1-11(2)16(15-8-12(3)21-26-15)18(25)23-10-13(24)9-14(23)17-20-19(27-22-17)6-4-5-7-19/h8,11,13-14,16,24H,4-7,9-10H2,1-3H3,(H,20,22)/t13-,14+,16-/m1/s1. The van der Waals surface area contributed by atoms with Crippen LogP contribution in [0.2, 0.25) is 0 Å². The third-order valence-electron chi connectivity index (χ3n) is 5.82. The monoisotopic (exact) mass is 376 g/mol. The molecule has 3 aliphatic rings. The molecule has 1 aromatic heterocycles. The first-order chi connectivity index (χ1) is 12.9. The van der Waals surface area contributed by atoms with Crippen LogP contribution in [-0.4, -0.2) is 51.3 Å². The van der Waals surface area contributed by atoms with E-state index >= 15 is 0 Å². The molecule has 1 amide bonds. The van der Waals surface area contributed by atoms with Gasteiger partial charge in [-0.15, -0.1) is 0 Å². The van der Waals surface area contributed by atoms with Gasteiger partial charge in [0.15, 0.2) is 5.72 Å². The molecule has 2 fully saturated rings. The van der Waals surface area contributed by atoms with Crippen LogP contribution in [0, 0.1) is 12.8 Å². The van der Waals surface area contributed by atoms with E-state index in [1.807, 2.05) is 26.8 Å². The van der Waals surface area contributed by atoms with Gasteiger partial charge in [-0.05, 0) is 38.5 Å². The van der Waals surface area contributed by atoms with Crippen LogP contribution in [0.1, 0.15) is 63.3 Å². The fraction of sp³-hybridized carbons (Fsp3) is 0.737. The molecule has 0 unspecified atom stereocenters. The normalized spacial score (nSPS) is 28.0. The van der Waals surface area contributed by atoms with Gasteiger partial charge in [0.2, 0.25) is 5.91 Å². The van der Waals surface area contributed by atoms with E-state index in [9.17, 15) is 9.90 Å². The number of nitrogens with zero attached hydrogens (tertiary/aromatic N) is 3. The van der Waals surface area contributed by atoms with Crippen molar-refractivity contribution >= 4 is 11.7 Å². The van der Waals surface area contributed by atoms with E-state index in [2.05, 4.69) is 10.6 Å². The van der Waals surface area contributed by atoms with Crippen LogP contribution < -0.4 is 5.48 Å². The van der Waals surface area contributed by atoms with Gasteiger partial charge in [-0.3, -0.25) is 4.79 Å². The molecule has 8 heteroatoms. The van der Waals surface area contributed by atoms with Crippen molar-refractivity contribution in [3.8, 4) is 0 Å². The lowest BCUT2D eigenvalue weighted by molar-refractivity contribution is -0.134. The number of amidine groups is 1.